The normalized spacial score (nSPS) is 14.8. The molecular weight excluding hydrogens is 324 g/mol. The van der Waals surface area contributed by atoms with Crippen molar-refractivity contribution in [3.05, 3.63) is 48.4 Å². The molecule has 1 saturated heterocycles. The van der Waals surface area contributed by atoms with Crippen LogP contribution in [0.2, 0.25) is 0 Å². The molecule has 0 bridgehead atoms. The third-order valence-electron chi connectivity index (χ3n) is 3.81. The van der Waals surface area contributed by atoms with Gasteiger partial charge in [0.2, 0.25) is 5.91 Å². The van der Waals surface area contributed by atoms with Crippen molar-refractivity contribution in [1.29, 1.82) is 0 Å². The van der Waals surface area contributed by atoms with Crippen LogP contribution in [-0.2, 0) is 4.79 Å². The molecule has 1 aromatic heterocycles. The number of rotatable bonds is 5. The number of anilines is 2. The van der Waals surface area contributed by atoms with E-state index in [2.05, 4.69) is 16.0 Å². The fourth-order valence-corrected chi connectivity index (χ4v) is 2.46. The molecule has 25 heavy (non-hydrogen) atoms. The van der Waals surface area contributed by atoms with Crippen molar-refractivity contribution in [3.8, 4) is 0 Å². The topological polar surface area (TPSA) is 104 Å². The third kappa shape index (κ3) is 3.79. The van der Waals surface area contributed by atoms with E-state index in [1.807, 2.05) is 0 Å². The molecule has 8 nitrogen and oxygen atoms in total. The van der Waals surface area contributed by atoms with E-state index in [-0.39, 0.29) is 17.8 Å². The average molecular weight is 342 g/mol. The Bertz CT molecular complexity index is 788. The number of nitrogens with one attached hydrogen (secondary N) is 3. The maximum atomic E-state index is 12.3. The van der Waals surface area contributed by atoms with Crippen LogP contribution < -0.4 is 20.9 Å². The molecule has 2 aromatic rings. The summed E-state index contributed by atoms with van der Waals surface area (Å²) in [5.41, 5.74) is 1.59. The zero-order chi connectivity index (χ0) is 17.8. The van der Waals surface area contributed by atoms with E-state index >= 15 is 0 Å². The molecule has 8 heteroatoms. The van der Waals surface area contributed by atoms with Crippen LogP contribution in [0.25, 0.3) is 0 Å². The second-order valence-electron chi connectivity index (χ2n) is 5.63. The number of nitrogens with zero attached hydrogens (tertiary/aromatic N) is 1. The number of benzene rings is 1. The molecule has 0 aliphatic carbocycles. The molecule has 1 fully saturated rings. The number of urea groups is 1. The largest absolute Gasteiger partial charge is 0.472 e. The van der Waals surface area contributed by atoms with Gasteiger partial charge < -0.3 is 20.4 Å². The molecule has 0 spiro atoms. The van der Waals surface area contributed by atoms with Crippen molar-refractivity contribution in [2.24, 2.45) is 0 Å². The molecule has 1 atom stereocenters. The van der Waals surface area contributed by atoms with Crippen molar-refractivity contribution in [2.45, 2.75) is 13.0 Å². The molecular formula is C17H18N4O4. The quantitative estimate of drug-likeness (QED) is 0.767. The van der Waals surface area contributed by atoms with Gasteiger partial charge >= 0.3 is 6.03 Å². The molecule has 1 aliphatic heterocycles. The Kier molecular flexibility index (Phi) is 4.69. The van der Waals surface area contributed by atoms with Gasteiger partial charge in [0.25, 0.3) is 5.91 Å². The molecule has 1 aromatic carbocycles. The van der Waals surface area contributed by atoms with Crippen LogP contribution in [-0.4, -0.2) is 37.0 Å². The number of carbonyl (C=O) groups excluding carboxylic acids is 3. The lowest BCUT2D eigenvalue weighted by Gasteiger charge is -2.17. The van der Waals surface area contributed by atoms with Crippen molar-refractivity contribution in [3.63, 3.8) is 0 Å². The second-order valence-corrected chi connectivity index (χ2v) is 5.63. The predicted molar refractivity (Wildman–Crippen MR) is 91.5 cm³/mol. The predicted octanol–water partition coefficient (Wildman–Crippen LogP) is 1.57. The molecule has 2 heterocycles. The smallest absolute Gasteiger partial charge is 0.321 e. The summed E-state index contributed by atoms with van der Waals surface area (Å²) in [6.45, 7) is 2.75. The summed E-state index contributed by atoms with van der Waals surface area (Å²) >= 11 is 0. The van der Waals surface area contributed by atoms with E-state index in [9.17, 15) is 14.4 Å². The van der Waals surface area contributed by atoms with Gasteiger partial charge in [0.15, 0.2) is 0 Å². The molecule has 4 amide bonds. The number of hydrogen-bond acceptors (Lipinski definition) is 4. The van der Waals surface area contributed by atoms with E-state index in [1.165, 1.54) is 18.6 Å². The van der Waals surface area contributed by atoms with E-state index < -0.39 is 6.04 Å². The molecule has 1 aliphatic rings. The lowest BCUT2D eigenvalue weighted by molar-refractivity contribution is -0.117. The highest BCUT2D eigenvalue weighted by molar-refractivity contribution is 6.01. The summed E-state index contributed by atoms with van der Waals surface area (Å²) < 4.78 is 4.85. The first-order valence-corrected chi connectivity index (χ1v) is 7.84. The third-order valence-corrected chi connectivity index (χ3v) is 3.81. The van der Waals surface area contributed by atoms with Gasteiger partial charge in [0.1, 0.15) is 12.3 Å². The maximum absolute atomic E-state index is 12.3. The summed E-state index contributed by atoms with van der Waals surface area (Å²) in [7, 11) is 0. The Labute approximate surface area is 144 Å². The van der Waals surface area contributed by atoms with E-state index in [0.29, 0.717) is 30.0 Å². The van der Waals surface area contributed by atoms with Crippen molar-refractivity contribution in [2.75, 3.05) is 23.3 Å². The highest BCUT2D eigenvalue weighted by Gasteiger charge is 2.22. The van der Waals surface area contributed by atoms with E-state index in [0.717, 1.165) is 0 Å². The standard InChI is InChI=1S/C17H18N4O4/c1-11(19-16(23)12-5-8-25-10-12)15(22)20-13-3-2-4-14(9-13)21-7-6-18-17(21)24/h2-5,8-11H,6-7H2,1H3,(H,18,24)(H,19,23)(H,20,22)/t11-/m1/s1. The number of carbonyl (C=O) groups is 3. The minimum absolute atomic E-state index is 0.163. The zero-order valence-corrected chi connectivity index (χ0v) is 13.6. The highest BCUT2D eigenvalue weighted by Crippen LogP contribution is 2.21. The summed E-state index contributed by atoms with van der Waals surface area (Å²) in [5, 5.41) is 8.06. The second kappa shape index (κ2) is 7.08. The molecule has 0 unspecified atom stereocenters. The highest BCUT2D eigenvalue weighted by atomic mass is 16.3. The Morgan fingerprint density at radius 3 is 2.84 bits per heavy atom. The fourth-order valence-electron chi connectivity index (χ4n) is 2.46. The average Bonchev–Trinajstić information content (AvgIpc) is 3.26. The van der Waals surface area contributed by atoms with E-state index in [4.69, 9.17) is 4.42 Å². The Morgan fingerprint density at radius 2 is 2.16 bits per heavy atom. The van der Waals surface area contributed by atoms with Gasteiger partial charge in [0, 0.05) is 24.5 Å². The molecule has 130 valence electrons. The first-order valence-electron chi connectivity index (χ1n) is 7.84. The van der Waals surface area contributed by atoms with Crippen LogP contribution in [0.1, 0.15) is 17.3 Å². The molecule has 3 N–H and O–H groups in total. The van der Waals surface area contributed by atoms with Gasteiger partial charge in [0.05, 0.1) is 11.8 Å². The summed E-state index contributed by atoms with van der Waals surface area (Å²) in [6.07, 6.45) is 2.70. The van der Waals surface area contributed by atoms with E-state index in [1.54, 1.807) is 36.1 Å². The lowest BCUT2D eigenvalue weighted by atomic mass is 10.2. The van der Waals surface area contributed by atoms with Crippen molar-refractivity contribution in [1.82, 2.24) is 10.6 Å². The Hall–Kier alpha value is -3.29. The van der Waals surface area contributed by atoms with Gasteiger partial charge in [-0.2, -0.15) is 0 Å². The van der Waals surface area contributed by atoms with Gasteiger partial charge in [-0.25, -0.2) is 4.79 Å². The molecule has 3 rings (SSSR count). The fraction of sp³-hybridized carbons (Fsp3) is 0.235. The van der Waals surface area contributed by atoms with Gasteiger partial charge in [-0.05, 0) is 31.2 Å². The van der Waals surface area contributed by atoms with Gasteiger partial charge in [-0.3, -0.25) is 14.5 Å². The zero-order valence-electron chi connectivity index (χ0n) is 13.6. The van der Waals surface area contributed by atoms with Crippen LogP contribution in [0.15, 0.2) is 47.3 Å². The minimum Gasteiger partial charge on any atom is -0.472 e. The van der Waals surface area contributed by atoms with Gasteiger partial charge in [-0.1, -0.05) is 6.07 Å². The minimum atomic E-state index is -0.735. The van der Waals surface area contributed by atoms with Crippen LogP contribution in [0, 0.1) is 0 Å². The Morgan fingerprint density at radius 1 is 1.32 bits per heavy atom. The molecule has 0 saturated carbocycles. The van der Waals surface area contributed by atoms with Crippen LogP contribution in [0.3, 0.4) is 0 Å². The van der Waals surface area contributed by atoms with Crippen molar-refractivity contribution < 1.29 is 18.8 Å². The van der Waals surface area contributed by atoms with Gasteiger partial charge in [-0.15, -0.1) is 0 Å². The van der Waals surface area contributed by atoms with Crippen molar-refractivity contribution >= 4 is 29.2 Å². The first kappa shape index (κ1) is 16.6. The van der Waals surface area contributed by atoms with Crippen LogP contribution in [0.4, 0.5) is 16.2 Å². The SMILES string of the molecule is C[C@@H](NC(=O)c1ccoc1)C(=O)Nc1cccc(N2CCNC2=O)c1. The molecule has 0 radical (unpaired) electrons. The summed E-state index contributed by atoms with van der Waals surface area (Å²) in [5.74, 6) is -0.751. The first-order chi connectivity index (χ1) is 12.0. The van der Waals surface area contributed by atoms with Crippen LogP contribution in [0.5, 0.6) is 0 Å². The summed E-state index contributed by atoms with van der Waals surface area (Å²) in [6, 6.07) is 7.61. The van der Waals surface area contributed by atoms with Crippen LogP contribution >= 0.6 is 0 Å². The lowest BCUT2D eigenvalue weighted by Crippen LogP contribution is -2.41. The summed E-state index contributed by atoms with van der Waals surface area (Å²) in [4.78, 5) is 37.5. The maximum Gasteiger partial charge on any atom is 0.321 e. The number of furan rings is 1. The number of hydrogen-bond donors (Lipinski definition) is 3. The Balaban J connectivity index is 1.62. The number of amides is 4. The monoisotopic (exact) mass is 342 g/mol.